The Bertz CT molecular complexity index is 706. The smallest absolute Gasteiger partial charge is 0.227 e. The first kappa shape index (κ1) is 17.4. The first-order valence-electron chi connectivity index (χ1n) is 8.64. The van der Waals surface area contributed by atoms with Gasteiger partial charge in [0.1, 0.15) is 11.9 Å². The molecule has 0 radical (unpaired) electrons. The number of nitrogens with zero attached hydrogens (tertiary/aromatic N) is 3. The van der Waals surface area contributed by atoms with Gasteiger partial charge in [0.2, 0.25) is 5.91 Å². The number of carbonyl (C=O) groups is 1. The number of ether oxygens (including phenoxy) is 1. The number of aromatic nitrogens is 2. The molecule has 1 saturated heterocycles. The second-order valence-electron chi connectivity index (χ2n) is 6.44. The topological polar surface area (TPSA) is 67.4 Å². The van der Waals surface area contributed by atoms with Crippen LogP contribution in [0.1, 0.15) is 31.3 Å². The first-order valence-corrected chi connectivity index (χ1v) is 8.64. The third-order valence-electron chi connectivity index (χ3n) is 4.06. The molecule has 6 heteroatoms. The fourth-order valence-corrected chi connectivity index (χ4v) is 2.90. The molecule has 3 rings (SSSR count). The van der Waals surface area contributed by atoms with Crippen molar-refractivity contribution in [2.45, 2.75) is 32.4 Å². The highest BCUT2D eigenvalue weighted by atomic mass is 16.5. The second kappa shape index (κ2) is 8.07. The minimum absolute atomic E-state index is 0.0744. The summed E-state index contributed by atoms with van der Waals surface area (Å²) in [5, 5.41) is 3.27. The highest BCUT2D eigenvalue weighted by Crippen LogP contribution is 2.23. The van der Waals surface area contributed by atoms with Gasteiger partial charge in [-0.2, -0.15) is 0 Å². The number of carbonyl (C=O) groups excluding carboxylic acids is 1. The van der Waals surface area contributed by atoms with Crippen molar-refractivity contribution >= 4 is 11.7 Å². The van der Waals surface area contributed by atoms with Crippen LogP contribution in [0.25, 0.3) is 0 Å². The SMILES string of the molecule is CC(C)Nc1ccnc([C@@H]2COCCN2C(=O)Cc2ccccc2)n1. The molecule has 0 bridgehead atoms. The number of rotatable bonds is 5. The van der Waals surface area contributed by atoms with Crippen molar-refractivity contribution in [3.05, 3.63) is 54.0 Å². The molecule has 2 aromatic rings. The minimum atomic E-state index is -0.251. The summed E-state index contributed by atoms with van der Waals surface area (Å²) in [6.45, 7) is 5.64. The summed E-state index contributed by atoms with van der Waals surface area (Å²) < 4.78 is 5.59. The highest BCUT2D eigenvalue weighted by molar-refractivity contribution is 5.79. The molecule has 25 heavy (non-hydrogen) atoms. The summed E-state index contributed by atoms with van der Waals surface area (Å²) in [6.07, 6.45) is 2.10. The van der Waals surface area contributed by atoms with E-state index in [-0.39, 0.29) is 18.0 Å². The maximum absolute atomic E-state index is 12.8. The van der Waals surface area contributed by atoms with Crippen molar-refractivity contribution in [3.63, 3.8) is 0 Å². The van der Waals surface area contributed by atoms with Crippen molar-refractivity contribution in [1.82, 2.24) is 14.9 Å². The standard InChI is InChI=1S/C19H24N4O2/c1-14(2)21-17-8-9-20-19(22-17)16-13-25-11-10-23(16)18(24)12-15-6-4-3-5-7-15/h3-9,14,16H,10-13H2,1-2H3,(H,20,21,22)/t16-/m0/s1. The van der Waals surface area contributed by atoms with Crippen molar-refractivity contribution in [3.8, 4) is 0 Å². The van der Waals surface area contributed by atoms with Gasteiger partial charge in [0.25, 0.3) is 0 Å². The van der Waals surface area contributed by atoms with Crippen molar-refractivity contribution < 1.29 is 9.53 Å². The zero-order chi connectivity index (χ0) is 17.6. The maximum Gasteiger partial charge on any atom is 0.227 e. The first-order chi connectivity index (χ1) is 12.1. The van der Waals surface area contributed by atoms with Crippen LogP contribution in [-0.4, -0.2) is 46.6 Å². The van der Waals surface area contributed by atoms with Crippen LogP contribution in [0.2, 0.25) is 0 Å². The fraction of sp³-hybridized carbons (Fsp3) is 0.421. The monoisotopic (exact) mass is 340 g/mol. The van der Waals surface area contributed by atoms with E-state index in [2.05, 4.69) is 29.1 Å². The fourth-order valence-electron chi connectivity index (χ4n) is 2.90. The molecular weight excluding hydrogens is 316 g/mol. The molecule has 1 amide bonds. The predicted octanol–water partition coefficient (Wildman–Crippen LogP) is 2.44. The van der Waals surface area contributed by atoms with Crippen molar-refractivity contribution in [2.24, 2.45) is 0 Å². The van der Waals surface area contributed by atoms with Gasteiger partial charge in [0.05, 0.1) is 19.6 Å². The molecule has 1 aliphatic heterocycles. The molecule has 1 aromatic heterocycles. The molecule has 1 aliphatic rings. The molecule has 1 aromatic carbocycles. The minimum Gasteiger partial charge on any atom is -0.377 e. The highest BCUT2D eigenvalue weighted by Gasteiger charge is 2.30. The van der Waals surface area contributed by atoms with Crippen LogP contribution in [0.3, 0.4) is 0 Å². The van der Waals surface area contributed by atoms with E-state index >= 15 is 0 Å². The summed E-state index contributed by atoms with van der Waals surface area (Å²) in [5.74, 6) is 1.46. The maximum atomic E-state index is 12.8. The Hall–Kier alpha value is -2.47. The zero-order valence-corrected chi connectivity index (χ0v) is 14.7. The van der Waals surface area contributed by atoms with E-state index in [0.29, 0.717) is 32.0 Å². The number of morpholine rings is 1. The lowest BCUT2D eigenvalue weighted by atomic mass is 10.1. The number of amides is 1. The van der Waals surface area contributed by atoms with Crippen LogP contribution >= 0.6 is 0 Å². The lowest BCUT2D eigenvalue weighted by Crippen LogP contribution is -2.44. The Labute approximate surface area is 148 Å². The molecule has 0 unspecified atom stereocenters. The van der Waals surface area contributed by atoms with Crippen LogP contribution in [-0.2, 0) is 16.0 Å². The van der Waals surface area contributed by atoms with Crippen LogP contribution in [0.5, 0.6) is 0 Å². The van der Waals surface area contributed by atoms with Gasteiger partial charge in [-0.25, -0.2) is 9.97 Å². The molecule has 0 saturated carbocycles. The molecule has 0 aliphatic carbocycles. The van der Waals surface area contributed by atoms with Gasteiger partial charge in [-0.1, -0.05) is 30.3 Å². The number of benzene rings is 1. The molecule has 1 N–H and O–H groups in total. The summed E-state index contributed by atoms with van der Waals surface area (Å²) in [7, 11) is 0. The van der Waals surface area contributed by atoms with E-state index in [4.69, 9.17) is 4.74 Å². The molecular formula is C19H24N4O2. The quantitative estimate of drug-likeness (QED) is 0.905. The van der Waals surface area contributed by atoms with Gasteiger partial charge >= 0.3 is 0 Å². The molecule has 2 heterocycles. The molecule has 132 valence electrons. The van der Waals surface area contributed by atoms with E-state index in [9.17, 15) is 4.79 Å². The normalized spacial score (nSPS) is 17.6. The van der Waals surface area contributed by atoms with E-state index in [0.717, 1.165) is 11.4 Å². The summed E-state index contributed by atoms with van der Waals surface area (Å²) >= 11 is 0. The summed E-state index contributed by atoms with van der Waals surface area (Å²) in [4.78, 5) is 23.6. The molecule has 6 nitrogen and oxygen atoms in total. The summed E-state index contributed by atoms with van der Waals surface area (Å²) in [6, 6.07) is 11.6. The van der Waals surface area contributed by atoms with Crippen molar-refractivity contribution in [1.29, 1.82) is 0 Å². The van der Waals surface area contributed by atoms with Gasteiger partial charge < -0.3 is 15.0 Å². The van der Waals surface area contributed by atoms with E-state index in [1.807, 2.05) is 41.3 Å². The van der Waals surface area contributed by atoms with Gasteiger partial charge in [-0.3, -0.25) is 4.79 Å². The Kier molecular flexibility index (Phi) is 5.60. The van der Waals surface area contributed by atoms with E-state index < -0.39 is 0 Å². The van der Waals surface area contributed by atoms with Crippen LogP contribution in [0, 0.1) is 0 Å². The average molecular weight is 340 g/mol. The average Bonchev–Trinajstić information content (AvgIpc) is 2.62. The van der Waals surface area contributed by atoms with Crippen LogP contribution in [0.4, 0.5) is 5.82 Å². The Morgan fingerprint density at radius 1 is 1.32 bits per heavy atom. The van der Waals surface area contributed by atoms with Gasteiger partial charge in [-0.05, 0) is 25.5 Å². The molecule has 1 fully saturated rings. The van der Waals surface area contributed by atoms with Gasteiger partial charge in [-0.15, -0.1) is 0 Å². The largest absolute Gasteiger partial charge is 0.377 e. The predicted molar refractivity (Wildman–Crippen MR) is 96.2 cm³/mol. The number of anilines is 1. The Morgan fingerprint density at radius 3 is 2.88 bits per heavy atom. The Balaban J connectivity index is 1.77. The van der Waals surface area contributed by atoms with Crippen LogP contribution in [0.15, 0.2) is 42.6 Å². The lowest BCUT2D eigenvalue weighted by molar-refractivity contribution is -0.139. The van der Waals surface area contributed by atoms with E-state index in [1.54, 1.807) is 6.20 Å². The third kappa shape index (κ3) is 4.54. The summed E-state index contributed by atoms with van der Waals surface area (Å²) in [5.41, 5.74) is 1.01. The molecule has 1 atom stereocenters. The molecule has 0 spiro atoms. The van der Waals surface area contributed by atoms with Crippen LogP contribution < -0.4 is 5.32 Å². The van der Waals surface area contributed by atoms with Gasteiger partial charge in [0, 0.05) is 18.8 Å². The number of hydrogen-bond donors (Lipinski definition) is 1. The lowest BCUT2D eigenvalue weighted by Gasteiger charge is -2.34. The number of hydrogen-bond acceptors (Lipinski definition) is 5. The third-order valence-corrected chi connectivity index (χ3v) is 4.06. The van der Waals surface area contributed by atoms with Gasteiger partial charge in [0.15, 0.2) is 5.82 Å². The Morgan fingerprint density at radius 2 is 2.12 bits per heavy atom. The van der Waals surface area contributed by atoms with E-state index in [1.165, 1.54) is 0 Å². The van der Waals surface area contributed by atoms with Crippen molar-refractivity contribution in [2.75, 3.05) is 25.1 Å². The zero-order valence-electron chi connectivity index (χ0n) is 14.7. The number of nitrogens with one attached hydrogen (secondary N) is 1. The second-order valence-corrected chi connectivity index (χ2v) is 6.44.